The molecule has 5 aromatic rings. The van der Waals surface area contributed by atoms with Crippen LogP contribution in [0.5, 0.6) is 5.88 Å². The van der Waals surface area contributed by atoms with Gasteiger partial charge in [0.05, 0.1) is 25.6 Å². The van der Waals surface area contributed by atoms with Gasteiger partial charge in [-0.2, -0.15) is 0 Å². The van der Waals surface area contributed by atoms with Gasteiger partial charge in [0, 0.05) is 34.8 Å². The molecule has 0 saturated heterocycles. The Morgan fingerprint density at radius 1 is 1.10 bits per heavy atom. The topological polar surface area (TPSA) is 158 Å². The van der Waals surface area contributed by atoms with E-state index in [4.69, 9.17) is 10.5 Å². The number of methoxy groups -OCH3 is 1. The molecule has 0 saturated carbocycles. The van der Waals surface area contributed by atoms with Crippen molar-refractivity contribution in [1.82, 2.24) is 29.2 Å². The van der Waals surface area contributed by atoms with Crippen LogP contribution < -0.4 is 21.7 Å². The fourth-order valence-electron chi connectivity index (χ4n) is 4.47. The summed E-state index contributed by atoms with van der Waals surface area (Å²) in [5.74, 6) is -2.62. The minimum absolute atomic E-state index is 0.0260. The number of aliphatic carboxylic acids is 1. The molecule has 5 rings (SSSR count). The maximum Gasteiger partial charge on any atom is 0.338 e. The van der Waals surface area contributed by atoms with E-state index in [1.54, 1.807) is 19.2 Å². The van der Waals surface area contributed by atoms with Crippen molar-refractivity contribution in [3.05, 3.63) is 92.3 Å². The fourth-order valence-corrected chi connectivity index (χ4v) is 5.76. The SMILES string of the molecule is COc1ccc(-n2c(=O)c3c(CN(C)CC(=O)O)c(-c4ccc(N)nc4)sc3n(Cc3c(F)cccc3F)c2=O)nn1. The van der Waals surface area contributed by atoms with Gasteiger partial charge in [0.2, 0.25) is 5.88 Å². The molecule has 0 radical (unpaired) electrons. The second kappa shape index (κ2) is 11.5. The van der Waals surface area contributed by atoms with Gasteiger partial charge in [0.25, 0.3) is 5.56 Å². The number of nitrogen functional groups attached to an aromatic ring is 1. The maximum absolute atomic E-state index is 14.8. The average Bonchev–Trinajstić information content (AvgIpc) is 3.31. The number of nitrogens with zero attached hydrogens (tertiary/aromatic N) is 6. The highest BCUT2D eigenvalue weighted by Crippen LogP contribution is 2.38. The number of carboxylic acids is 1. The quantitative estimate of drug-likeness (QED) is 0.259. The van der Waals surface area contributed by atoms with E-state index >= 15 is 0 Å². The lowest BCUT2D eigenvalue weighted by atomic mass is 10.1. The van der Waals surface area contributed by atoms with Crippen LogP contribution in [-0.2, 0) is 17.9 Å². The number of hydrogen-bond acceptors (Lipinski definition) is 10. The van der Waals surface area contributed by atoms with Gasteiger partial charge in [0.1, 0.15) is 22.3 Å². The predicted octanol–water partition coefficient (Wildman–Crippen LogP) is 2.50. The van der Waals surface area contributed by atoms with E-state index in [-0.39, 0.29) is 46.4 Å². The summed E-state index contributed by atoms with van der Waals surface area (Å²) >= 11 is 1.03. The van der Waals surface area contributed by atoms with Gasteiger partial charge in [-0.1, -0.05) is 6.07 Å². The van der Waals surface area contributed by atoms with Crippen molar-refractivity contribution in [2.75, 3.05) is 26.4 Å². The second-order valence-corrected chi connectivity index (χ2v) is 10.3. The number of likely N-dealkylation sites (N-methyl/N-ethyl adjacent to an activating group) is 1. The highest BCUT2D eigenvalue weighted by molar-refractivity contribution is 7.22. The van der Waals surface area contributed by atoms with Crippen molar-refractivity contribution < 1.29 is 23.4 Å². The molecule has 42 heavy (non-hydrogen) atoms. The third-order valence-corrected chi connectivity index (χ3v) is 7.70. The Balaban J connectivity index is 1.87. The Hall–Kier alpha value is -5.02. The molecule has 15 heteroatoms. The van der Waals surface area contributed by atoms with Gasteiger partial charge in [0.15, 0.2) is 5.82 Å². The zero-order valence-electron chi connectivity index (χ0n) is 22.2. The van der Waals surface area contributed by atoms with E-state index in [1.165, 1.54) is 36.4 Å². The molecule has 12 nitrogen and oxygen atoms in total. The monoisotopic (exact) mass is 595 g/mol. The summed E-state index contributed by atoms with van der Waals surface area (Å²) in [4.78, 5) is 45.7. The third kappa shape index (κ3) is 5.34. The number of carboxylic acid groups (broad SMARTS) is 1. The third-order valence-electron chi connectivity index (χ3n) is 6.40. The van der Waals surface area contributed by atoms with Crippen LogP contribution in [0, 0.1) is 11.6 Å². The Kier molecular flexibility index (Phi) is 7.78. The van der Waals surface area contributed by atoms with Crippen molar-refractivity contribution >= 4 is 33.3 Å². The number of ether oxygens (including phenoxy) is 1. The molecule has 0 amide bonds. The van der Waals surface area contributed by atoms with Crippen molar-refractivity contribution in [1.29, 1.82) is 0 Å². The zero-order valence-corrected chi connectivity index (χ0v) is 23.1. The fraction of sp³-hybridized carbons (Fsp3) is 0.185. The number of rotatable bonds is 9. The number of thiophene rings is 1. The highest BCUT2D eigenvalue weighted by Gasteiger charge is 2.26. The van der Waals surface area contributed by atoms with Crippen LogP contribution in [0.2, 0.25) is 0 Å². The van der Waals surface area contributed by atoms with E-state index in [2.05, 4.69) is 15.2 Å². The van der Waals surface area contributed by atoms with Crippen LogP contribution in [0.3, 0.4) is 0 Å². The number of pyridine rings is 1. The van der Waals surface area contributed by atoms with Gasteiger partial charge < -0.3 is 15.6 Å². The van der Waals surface area contributed by atoms with E-state index in [0.717, 1.165) is 32.6 Å². The van der Waals surface area contributed by atoms with Gasteiger partial charge in [-0.05, 0) is 42.9 Å². The van der Waals surface area contributed by atoms with E-state index in [9.17, 15) is 28.3 Å². The predicted molar refractivity (Wildman–Crippen MR) is 151 cm³/mol. The zero-order chi connectivity index (χ0) is 30.1. The standard InChI is InChI=1S/C27H23F2N7O5S/c1-34(13-22(37)38)11-16-23-25(39)36(20-8-9-21(41-2)33-32-20)27(40)35(12-15-17(28)4-3-5-18(15)29)26(23)42-24(16)14-6-7-19(30)31-10-14/h3-10H,11-13H2,1-2H3,(H2,30,31)(H,37,38). The lowest BCUT2D eigenvalue weighted by Gasteiger charge is -2.16. The summed E-state index contributed by atoms with van der Waals surface area (Å²) in [5.41, 5.74) is 4.61. The normalized spacial score (nSPS) is 11.4. The Morgan fingerprint density at radius 3 is 2.43 bits per heavy atom. The molecule has 4 heterocycles. The first-order chi connectivity index (χ1) is 20.1. The molecule has 1 aromatic carbocycles. The number of anilines is 1. The number of fused-ring (bicyclic) bond motifs is 1. The van der Waals surface area contributed by atoms with Crippen LogP contribution in [0.1, 0.15) is 11.1 Å². The average molecular weight is 596 g/mol. The van der Waals surface area contributed by atoms with Gasteiger partial charge >= 0.3 is 11.7 Å². The Bertz CT molecular complexity index is 1900. The summed E-state index contributed by atoms with van der Waals surface area (Å²) in [7, 11) is 2.93. The molecule has 0 atom stereocenters. The number of hydrogen-bond donors (Lipinski definition) is 2. The minimum Gasteiger partial charge on any atom is -0.480 e. The lowest BCUT2D eigenvalue weighted by Crippen LogP contribution is -2.40. The van der Waals surface area contributed by atoms with E-state index in [1.807, 2.05) is 0 Å². The number of carbonyl (C=O) groups is 1. The maximum atomic E-state index is 14.8. The van der Waals surface area contributed by atoms with Gasteiger partial charge in [-0.3, -0.25) is 19.1 Å². The van der Waals surface area contributed by atoms with Crippen molar-refractivity contribution in [2.24, 2.45) is 0 Å². The summed E-state index contributed by atoms with van der Waals surface area (Å²) < 4.78 is 36.5. The van der Waals surface area contributed by atoms with Crippen LogP contribution in [0.4, 0.5) is 14.6 Å². The molecule has 0 aliphatic carbocycles. The highest BCUT2D eigenvalue weighted by atomic mass is 32.1. The number of halogens is 2. The smallest absolute Gasteiger partial charge is 0.338 e. The van der Waals surface area contributed by atoms with Crippen LogP contribution >= 0.6 is 11.3 Å². The van der Waals surface area contributed by atoms with Crippen LogP contribution in [0.15, 0.2) is 58.3 Å². The number of nitrogens with two attached hydrogens (primary N) is 1. The second-order valence-electron chi connectivity index (χ2n) is 9.27. The Labute approximate surface area is 239 Å². The summed E-state index contributed by atoms with van der Waals surface area (Å²) in [6, 6.07) is 9.31. The molecule has 216 valence electrons. The molecule has 3 N–H and O–H groups in total. The van der Waals surface area contributed by atoms with Gasteiger partial charge in [-0.15, -0.1) is 21.5 Å². The molecule has 0 spiro atoms. The molecule has 4 aromatic heterocycles. The van der Waals surface area contributed by atoms with Crippen molar-refractivity contribution in [3.63, 3.8) is 0 Å². The van der Waals surface area contributed by atoms with Gasteiger partial charge in [-0.25, -0.2) is 23.1 Å². The molecule has 0 fully saturated rings. The first-order valence-corrected chi connectivity index (χ1v) is 13.1. The molecule has 0 aliphatic heterocycles. The largest absolute Gasteiger partial charge is 0.480 e. The van der Waals surface area contributed by atoms with E-state index in [0.29, 0.717) is 16.0 Å². The first-order valence-electron chi connectivity index (χ1n) is 12.3. The van der Waals surface area contributed by atoms with Crippen LogP contribution in [0.25, 0.3) is 26.5 Å². The summed E-state index contributed by atoms with van der Waals surface area (Å²) in [5, 5.41) is 17.2. The number of benzene rings is 1. The van der Waals surface area contributed by atoms with Crippen molar-refractivity contribution in [3.8, 4) is 22.1 Å². The van der Waals surface area contributed by atoms with E-state index < -0.39 is 35.4 Å². The number of aromatic nitrogens is 5. The molecule has 0 unspecified atom stereocenters. The van der Waals surface area contributed by atoms with Crippen LogP contribution in [-0.4, -0.2) is 61.0 Å². The first kappa shape index (κ1) is 28.5. The minimum atomic E-state index is -1.09. The Morgan fingerprint density at radius 2 is 1.83 bits per heavy atom. The molecular weight excluding hydrogens is 572 g/mol. The molecule has 0 aliphatic rings. The molecular formula is C27H23F2N7O5S. The summed E-state index contributed by atoms with van der Waals surface area (Å²) in [6.07, 6.45) is 1.48. The lowest BCUT2D eigenvalue weighted by molar-refractivity contribution is -0.138. The summed E-state index contributed by atoms with van der Waals surface area (Å²) in [6.45, 7) is -0.932. The molecule has 0 bridgehead atoms. The van der Waals surface area contributed by atoms with Crippen molar-refractivity contribution in [2.45, 2.75) is 13.1 Å².